The molecule has 11 aromatic carbocycles. The van der Waals surface area contributed by atoms with Crippen molar-refractivity contribution in [2.75, 3.05) is 4.90 Å². The fourth-order valence-electron chi connectivity index (χ4n) is 9.14. The fraction of sp³-hybridized carbons (Fsp3) is 0. The summed E-state index contributed by atoms with van der Waals surface area (Å²) in [5.41, 5.74) is 13.1. The molecule has 0 bridgehead atoms. The van der Waals surface area contributed by atoms with Crippen LogP contribution in [0.2, 0.25) is 0 Å². The Balaban J connectivity index is 1.22. The summed E-state index contributed by atoms with van der Waals surface area (Å²) in [4.78, 5) is 2.38. The Kier molecular flexibility index (Phi) is 8.56. The van der Waals surface area contributed by atoms with Crippen molar-refractivity contribution < 1.29 is 0 Å². The first-order valence-corrected chi connectivity index (χ1v) is 20.3. The summed E-state index contributed by atoms with van der Waals surface area (Å²) in [6, 6.07) is 86.3. The second-order valence-electron chi connectivity index (χ2n) is 15.2. The standard InChI is InChI=1S/C58H39N/c1-5-18-40(19-6-1)45-34-37-51-54(38-45)49-29-15-16-30-50(49)57-53(39-52(42-20-7-2-8-21-42)56(58(51)57)44-23-9-3-10-24-44)43-32-35-47(36-33-43)59(46-26-11-4-12-27-46)55-31-17-25-41-22-13-14-28-48(41)55/h1-39H. The van der Waals surface area contributed by atoms with E-state index in [2.05, 4.69) is 241 Å². The van der Waals surface area contributed by atoms with Crippen LogP contribution in [-0.2, 0) is 0 Å². The summed E-state index contributed by atoms with van der Waals surface area (Å²) in [5.74, 6) is 0. The van der Waals surface area contributed by atoms with Gasteiger partial charge in [-0.15, -0.1) is 0 Å². The molecule has 0 atom stereocenters. The molecule has 0 amide bonds. The van der Waals surface area contributed by atoms with Gasteiger partial charge in [0.25, 0.3) is 0 Å². The molecule has 1 heteroatoms. The number of nitrogens with zero attached hydrogens (tertiary/aromatic N) is 1. The van der Waals surface area contributed by atoms with Crippen molar-refractivity contribution in [3.63, 3.8) is 0 Å². The van der Waals surface area contributed by atoms with Gasteiger partial charge in [-0.25, -0.2) is 0 Å². The third-order valence-corrected chi connectivity index (χ3v) is 11.8. The monoisotopic (exact) mass is 749 g/mol. The van der Waals surface area contributed by atoms with E-state index in [4.69, 9.17) is 0 Å². The summed E-state index contributed by atoms with van der Waals surface area (Å²) in [6.07, 6.45) is 0. The molecule has 0 saturated heterocycles. The van der Waals surface area contributed by atoms with Gasteiger partial charge in [-0.2, -0.15) is 0 Å². The first kappa shape index (κ1) is 34.5. The smallest absolute Gasteiger partial charge is 0.0540 e. The Morgan fingerprint density at radius 2 is 0.763 bits per heavy atom. The molecule has 0 unspecified atom stereocenters. The lowest BCUT2D eigenvalue weighted by Gasteiger charge is -2.27. The predicted octanol–water partition coefficient (Wildman–Crippen LogP) is 16.4. The van der Waals surface area contributed by atoms with E-state index in [1.807, 2.05) is 0 Å². The van der Waals surface area contributed by atoms with E-state index in [9.17, 15) is 0 Å². The average molecular weight is 750 g/mol. The largest absolute Gasteiger partial charge is 0.310 e. The molecule has 11 rings (SSSR count). The van der Waals surface area contributed by atoms with E-state index >= 15 is 0 Å². The van der Waals surface area contributed by atoms with Crippen LogP contribution in [0.25, 0.3) is 87.6 Å². The van der Waals surface area contributed by atoms with E-state index in [-0.39, 0.29) is 0 Å². The molecular formula is C58H39N. The van der Waals surface area contributed by atoms with Gasteiger partial charge in [-0.3, -0.25) is 0 Å². The predicted molar refractivity (Wildman–Crippen MR) is 253 cm³/mol. The molecule has 0 aliphatic carbocycles. The van der Waals surface area contributed by atoms with Crippen molar-refractivity contribution in [1.82, 2.24) is 0 Å². The molecule has 276 valence electrons. The lowest BCUT2D eigenvalue weighted by Crippen LogP contribution is -2.10. The highest BCUT2D eigenvalue weighted by Crippen LogP contribution is 2.50. The maximum absolute atomic E-state index is 2.45. The van der Waals surface area contributed by atoms with Crippen molar-refractivity contribution in [3.8, 4) is 44.5 Å². The minimum Gasteiger partial charge on any atom is -0.310 e. The van der Waals surface area contributed by atoms with Gasteiger partial charge in [-0.1, -0.05) is 194 Å². The molecule has 1 nitrogen and oxygen atoms in total. The molecule has 0 spiro atoms. The van der Waals surface area contributed by atoms with E-state index in [1.54, 1.807) is 0 Å². The van der Waals surface area contributed by atoms with Gasteiger partial charge in [0.2, 0.25) is 0 Å². The minimum atomic E-state index is 1.11. The third kappa shape index (κ3) is 6.04. The first-order valence-electron chi connectivity index (χ1n) is 20.3. The Bertz CT molecular complexity index is 3280. The maximum atomic E-state index is 2.45. The van der Waals surface area contributed by atoms with Crippen LogP contribution in [0.1, 0.15) is 0 Å². The van der Waals surface area contributed by atoms with E-state index in [0.29, 0.717) is 0 Å². The molecule has 0 fully saturated rings. The number of hydrogen-bond acceptors (Lipinski definition) is 1. The zero-order chi connectivity index (χ0) is 39.1. The van der Waals surface area contributed by atoms with Crippen LogP contribution >= 0.6 is 0 Å². The molecule has 0 aromatic heterocycles. The Morgan fingerprint density at radius 3 is 1.47 bits per heavy atom. The molecule has 0 N–H and O–H groups in total. The number of rotatable bonds is 7. The van der Waals surface area contributed by atoms with Crippen LogP contribution in [0.15, 0.2) is 237 Å². The first-order chi connectivity index (χ1) is 29.3. The quantitative estimate of drug-likeness (QED) is 0.147. The van der Waals surface area contributed by atoms with Crippen LogP contribution in [0.4, 0.5) is 17.1 Å². The van der Waals surface area contributed by atoms with Gasteiger partial charge in [0.15, 0.2) is 0 Å². The zero-order valence-electron chi connectivity index (χ0n) is 32.5. The fourth-order valence-corrected chi connectivity index (χ4v) is 9.14. The number of para-hydroxylation sites is 1. The van der Waals surface area contributed by atoms with E-state index in [1.165, 1.54) is 87.6 Å². The Labute approximate surface area is 344 Å². The van der Waals surface area contributed by atoms with Crippen LogP contribution in [0.5, 0.6) is 0 Å². The zero-order valence-corrected chi connectivity index (χ0v) is 32.5. The van der Waals surface area contributed by atoms with E-state index < -0.39 is 0 Å². The van der Waals surface area contributed by atoms with Crippen molar-refractivity contribution in [2.45, 2.75) is 0 Å². The van der Waals surface area contributed by atoms with Gasteiger partial charge in [0, 0.05) is 16.8 Å². The van der Waals surface area contributed by atoms with Crippen molar-refractivity contribution in [1.29, 1.82) is 0 Å². The molecule has 11 aromatic rings. The molecule has 0 aliphatic heterocycles. The van der Waals surface area contributed by atoms with Gasteiger partial charge >= 0.3 is 0 Å². The molecule has 0 saturated carbocycles. The second-order valence-corrected chi connectivity index (χ2v) is 15.2. The summed E-state index contributed by atoms with van der Waals surface area (Å²) in [6.45, 7) is 0. The Morgan fingerprint density at radius 1 is 0.254 bits per heavy atom. The maximum Gasteiger partial charge on any atom is 0.0540 e. The SMILES string of the molecule is c1ccc(-c2ccc3c(c2)c2ccccc2c2c(-c4ccc(N(c5ccccc5)c5cccc6ccccc56)cc4)cc(-c4ccccc4)c(-c4ccccc4)c32)cc1. The lowest BCUT2D eigenvalue weighted by molar-refractivity contribution is 1.30. The van der Waals surface area contributed by atoms with Crippen LogP contribution in [-0.4, -0.2) is 0 Å². The second kappa shape index (κ2) is 14.6. The lowest BCUT2D eigenvalue weighted by atomic mass is 9.81. The minimum absolute atomic E-state index is 1.11. The molecule has 59 heavy (non-hydrogen) atoms. The summed E-state index contributed by atoms with van der Waals surface area (Å²) in [5, 5.41) is 9.97. The number of hydrogen-bond donors (Lipinski definition) is 0. The number of anilines is 3. The number of fused-ring (bicyclic) bond motifs is 7. The van der Waals surface area contributed by atoms with Crippen LogP contribution < -0.4 is 4.90 Å². The molecule has 0 radical (unpaired) electrons. The highest BCUT2D eigenvalue weighted by molar-refractivity contribution is 6.33. The topological polar surface area (TPSA) is 3.24 Å². The average Bonchev–Trinajstić information content (AvgIpc) is 3.32. The van der Waals surface area contributed by atoms with Crippen molar-refractivity contribution in [3.05, 3.63) is 237 Å². The normalized spacial score (nSPS) is 11.4. The van der Waals surface area contributed by atoms with Gasteiger partial charge in [0.05, 0.1) is 5.69 Å². The third-order valence-electron chi connectivity index (χ3n) is 11.8. The van der Waals surface area contributed by atoms with Crippen LogP contribution in [0, 0.1) is 0 Å². The van der Waals surface area contributed by atoms with Crippen molar-refractivity contribution >= 4 is 60.2 Å². The summed E-state index contributed by atoms with van der Waals surface area (Å²) >= 11 is 0. The molecular weight excluding hydrogens is 711 g/mol. The van der Waals surface area contributed by atoms with Crippen LogP contribution in [0.3, 0.4) is 0 Å². The highest BCUT2D eigenvalue weighted by Gasteiger charge is 2.22. The molecule has 0 aliphatic rings. The van der Waals surface area contributed by atoms with E-state index in [0.717, 1.165) is 17.1 Å². The van der Waals surface area contributed by atoms with Gasteiger partial charge in [-0.05, 0) is 125 Å². The van der Waals surface area contributed by atoms with Gasteiger partial charge < -0.3 is 4.90 Å². The Hall–Kier alpha value is -7.74. The van der Waals surface area contributed by atoms with Gasteiger partial charge in [0.1, 0.15) is 0 Å². The summed E-state index contributed by atoms with van der Waals surface area (Å²) < 4.78 is 0. The highest BCUT2D eigenvalue weighted by atomic mass is 15.1. The summed E-state index contributed by atoms with van der Waals surface area (Å²) in [7, 11) is 0. The van der Waals surface area contributed by atoms with Crippen molar-refractivity contribution in [2.24, 2.45) is 0 Å². The number of benzene rings is 11. The molecule has 0 heterocycles.